The third-order valence-electron chi connectivity index (χ3n) is 4.27. The van der Waals surface area contributed by atoms with Crippen molar-refractivity contribution in [2.24, 2.45) is 0 Å². The van der Waals surface area contributed by atoms with E-state index in [2.05, 4.69) is 20.4 Å². The standard InChI is InChI=1S/C17H13N7O6S/c1-30-15-8-11(24(25)26)6-7-14(15)23-21-17(20-22(23)12-9-18-19-10-12)13-4-2-3-5-16(13)31(27,28)29/h2-10H,1H3,(H-,18,19,27,28,29)/p+1. The highest BCUT2D eigenvalue weighted by Crippen LogP contribution is 2.27. The molecule has 2 aromatic carbocycles. The van der Waals surface area contributed by atoms with Crippen molar-refractivity contribution in [3.63, 3.8) is 0 Å². The first-order chi connectivity index (χ1) is 14.8. The fourth-order valence-corrected chi connectivity index (χ4v) is 3.58. The molecule has 0 aliphatic rings. The molecule has 0 spiro atoms. The zero-order valence-corrected chi connectivity index (χ0v) is 16.6. The van der Waals surface area contributed by atoms with E-state index in [1.807, 2.05) is 0 Å². The Morgan fingerprint density at radius 1 is 1.26 bits per heavy atom. The average molecular weight is 444 g/mol. The van der Waals surface area contributed by atoms with Gasteiger partial charge in [0.15, 0.2) is 11.4 Å². The van der Waals surface area contributed by atoms with Gasteiger partial charge in [-0.05, 0) is 22.0 Å². The number of benzene rings is 2. The number of tetrazole rings is 1. The summed E-state index contributed by atoms with van der Waals surface area (Å²) in [4.78, 5) is 12.7. The van der Waals surface area contributed by atoms with E-state index in [0.29, 0.717) is 5.69 Å². The molecular formula is C17H14N7O6S+. The Kier molecular flexibility index (Phi) is 4.92. The predicted octanol–water partition coefficient (Wildman–Crippen LogP) is 1.10. The number of ether oxygens (including phenoxy) is 1. The average Bonchev–Trinajstić information content (AvgIpc) is 3.42. The number of aromatic amines is 1. The molecule has 0 aliphatic heterocycles. The molecule has 2 heterocycles. The second-order valence-corrected chi connectivity index (χ2v) is 7.53. The summed E-state index contributed by atoms with van der Waals surface area (Å²) in [6.45, 7) is 0. The third kappa shape index (κ3) is 3.72. The second-order valence-electron chi connectivity index (χ2n) is 6.14. The Morgan fingerprint density at radius 3 is 2.68 bits per heavy atom. The van der Waals surface area contributed by atoms with E-state index in [4.69, 9.17) is 4.74 Å². The van der Waals surface area contributed by atoms with Crippen LogP contribution in [0.5, 0.6) is 5.75 Å². The quantitative estimate of drug-likeness (QED) is 0.191. The molecule has 0 saturated carbocycles. The smallest absolute Gasteiger partial charge is 0.341 e. The summed E-state index contributed by atoms with van der Waals surface area (Å²) in [6.07, 6.45) is 2.96. The van der Waals surface area contributed by atoms with Crippen LogP contribution in [0.2, 0.25) is 0 Å². The first-order valence-corrected chi connectivity index (χ1v) is 10.0. The Balaban J connectivity index is 1.98. The first-order valence-electron chi connectivity index (χ1n) is 8.58. The third-order valence-corrected chi connectivity index (χ3v) is 5.18. The molecule has 0 saturated heterocycles. The number of non-ortho nitro benzene ring substituents is 1. The Labute approximate surface area is 174 Å². The maximum absolute atomic E-state index is 11.8. The van der Waals surface area contributed by atoms with Crippen molar-refractivity contribution in [2.75, 3.05) is 7.11 Å². The molecule has 14 heteroatoms. The van der Waals surface area contributed by atoms with Crippen molar-refractivity contribution >= 4 is 15.8 Å². The normalized spacial score (nSPS) is 11.4. The van der Waals surface area contributed by atoms with Crippen LogP contribution >= 0.6 is 0 Å². The number of nitro benzene ring substituents is 1. The number of methoxy groups -OCH3 is 1. The molecule has 4 rings (SSSR count). The van der Waals surface area contributed by atoms with Crippen LogP contribution in [0.4, 0.5) is 5.69 Å². The molecule has 0 unspecified atom stereocenters. The van der Waals surface area contributed by atoms with E-state index in [-0.39, 0.29) is 33.4 Å². The molecule has 158 valence electrons. The Hall–Kier alpha value is -4.17. The molecule has 0 aliphatic carbocycles. The van der Waals surface area contributed by atoms with Crippen molar-refractivity contribution in [1.29, 1.82) is 0 Å². The first kappa shape index (κ1) is 20.1. The van der Waals surface area contributed by atoms with Crippen LogP contribution in [0.1, 0.15) is 0 Å². The molecule has 0 atom stereocenters. The van der Waals surface area contributed by atoms with Crippen LogP contribution in [-0.4, -0.2) is 50.2 Å². The van der Waals surface area contributed by atoms with Gasteiger partial charge in [0.1, 0.15) is 4.90 Å². The molecule has 2 N–H and O–H groups in total. The van der Waals surface area contributed by atoms with Gasteiger partial charge in [-0.1, -0.05) is 12.1 Å². The van der Waals surface area contributed by atoms with Crippen LogP contribution in [-0.2, 0) is 10.1 Å². The van der Waals surface area contributed by atoms with E-state index < -0.39 is 15.0 Å². The summed E-state index contributed by atoms with van der Waals surface area (Å²) >= 11 is 0. The lowest BCUT2D eigenvalue weighted by Gasteiger charge is -2.04. The van der Waals surface area contributed by atoms with Gasteiger partial charge >= 0.3 is 5.82 Å². The minimum atomic E-state index is -4.55. The summed E-state index contributed by atoms with van der Waals surface area (Å²) in [5.74, 6) is 0.0980. The summed E-state index contributed by atoms with van der Waals surface area (Å²) in [5.41, 5.74) is 0.593. The number of hydrogen-bond donors (Lipinski definition) is 2. The fourth-order valence-electron chi connectivity index (χ4n) is 2.89. The summed E-state index contributed by atoms with van der Waals surface area (Å²) in [6, 6.07) is 9.59. The highest BCUT2D eigenvalue weighted by Gasteiger charge is 2.30. The number of H-pyrrole nitrogens is 1. The molecule has 2 aromatic heterocycles. The lowest BCUT2D eigenvalue weighted by atomic mass is 10.2. The van der Waals surface area contributed by atoms with Gasteiger partial charge in [-0.2, -0.15) is 13.5 Å². The number of hydrogen-bond acceptors (Lipinski definition) is 8. The maximum Gasteiger partial charge on any atom is 0.341 e. The van der Waals surface area contributed by atoms with Gasteiger partial charge in [-0.3, -0.25) is 19.8 Å². The molecule has 0 fully saturated rings. The number of aromatic nitrogens is 6. The molecule has 4 aromatic rings. The summed E-state index contributed by atoms with van der Waals surface area (Å²) < 4.78 is 38.5. The monoisotopic (exact) mass is 444 g/mol. The minimum Gasteiger partial charge on any atom is -0.492 e. The van der Waals surface area contributed by atoms with Gasteiger partial charge < -0.3 is 4.74 Å². The summed E-state index contributed by atoms with van der Waals surface area (Å²) in [7, 11) is -3.20. The molecular weight excluding hydrogens is 430 g/mol. The molecule has 0 radical (unpaired) electrons. The highest BCUT2D eigenvalue weighted by molar-refractivity contribution is 7.86. The number of rotatable bonds is 6. The number of nitro groups is 1. The maximum atomic E-state index is 11.8. The van der Waals surface area contributed by atoms with Gasteiger partial charge in [0.05, 0.1) is 41.2 Å². The van der Waals surface area contributed by atoms with Crippen molar-refractivity contribution in [3.05, 3.63) is 65.0 Å². The Morgan fingerprint density at radius 2 is 2.03 bits per heavy atom. The molecule has 31 heavy (non-hydrogen) atoms. The van der Waals surface area contributed by atoms with E-state index in [0.717, 1.165) is 0 Å². The topological polar surface area (TPSA) is 170 Å². The van der Waals surface area contributed by atoms with Crippen LogP contribution in [0.3, 0.4) is 0 Å². The largest absolute Gasteiger partial charge is 0.492 e. The lowest BCUT2D eigenvalue weighted by Crippen LogP contribution is -2.43. The zero-order chi connectivity index (χ0) is 22.2. The van der Waals surface area contributed by atoms with E-state index in [9.17, 15) is 23.1 Å². The van der Waals surface area contributed by atoms with Crippen molar-refractivity contribution in [2.45, 2.75) is 4.90 Å². The lowest BCUT2D eigenvalue weighted by molar-refractivity contribution is -0.734. The van der Waals surface area contributed by atoms with Gasteiger partial charge in [-0.15, -0.1) is 0 Å². The number of nitrogens with one attached hydrogen (secondary N) is 1. The predicted molar refractivity (Wildman–Crippen MR) is 103 cm³/mol. The van der Waals surface area contributed by atoms with Crippen LogP contribution in [0.25, 0.3) is 22.8 Å². The minimum absolute atomic E-state index is 0.0326. The van der Waals surface area contributed by atoms with E-state index >= 15 is 0 Å². The van der Waals surface area contributed by atoms with Gasteiger partial charge in [-0.25, -0.2) is 0 Å². The van der Waals surface area contributed by atoms with Crippen molar-refractivity contribution < 1.29 is 27.4 Å². The summed E-state index contributed by atoms with van der Waals surface area (Å²) in [5, 5.41) is 26.3. The Bertz CT molecular complexity index is 1380. The van der Waals surface area contributed by atoms with Crippen LogP contribution in [0, 0.1) is 10.1 Å². The van der Waals surface area contributed by atoms with Gasteiger partial charge in [0.2, 0.25) is 5.69 Å². The second kappa shape index (κ2) is 7.58. The number of nitrogens with zero attached hydrogens (tertiary/aromatic N) is 6. The molecule has 0 amide bonds. The SMILES string of the molecule is COc1cc([N+](=O)[O-])ccc1-[n+]1nc(-c2ccccc2S(=O)(=O)O)nn1-c1cn[nH]c1. The highest BCUT2D eigenvalue weighted by atomic mass is 32.2. The van der Waals surface area contributed by atoms with E-state index in [1.54, 1.807) is 6.07 Å². The van der Waals surface area contributed by atoms with Gasteiger partial charge in [0.25, 0.3) is 15.8 Å². The molecule has 0 bridgehead atoms. The molecule has 13 nitrogen and oxygen atoms in total. The van der Waals surface area contributed by atoms with Gasteiger partial charge in [0, 0.05) is 16.9 Å². The van der Waals surface area contributed by atoms with Crippen LogP contribution < -0.4 is 9.53 Å². The fraction of sp³-hybridized carbons (Fsp3) is 0.0588. The van der Waals surface area contributed by atoms with Crippen LogP contribution in [0.15, 0.2) is 59.8 Å². The van der Waals surface area contributed by atoms with Crippen molar-refractivity contribution in [1.82, 2.24) is 25.2 Å². The van der Waals surface area contributed by atoms with E-state index in [1.165, 1.54) is 65.5 Å². The van der Waals surface area contributed by atoms with Crippen molar-refractivity contribution in [3.8, 4) is 28.5 Å². The zero-order valence-electron chi connectivity index (χ0n) is 15.8.